The number of hydrogen-bond donors (Lipinski definition) is 1. The van der Waals surface area contributed by atoms with E-state index >= 15 is 0 Å². The van der Waals surface area contributed by atoms with Crippen molar-refractivity contribution in [2.24, 2.45) is 0 Å². The van der Waals surface area contributed by atoms with Crippen molar-refractivity contribution >= 4 is 0 Å². The van der Waals surface area contributed by atoms with Gasteiger partial charge in [0, 0.05) is 19.1 Å². The molecular formula is C20H22N2O2. The molecule has 0 spiro atoms. The van der Waals surface area contributed by atoms with E-state index in [2.05, 4.69) is 23.1 Å². The highest BCUT2D eigenvalue weighted by Crippen LogP contribution is 2.28. The summed E-state index contributed by atoms with van der Waals surface area (Å²) in [5.41, 5.74) is 2.83. The van der Waals surface area contributed by atoms with E-state index in [-0.39, 0.29) is 6.61 Å². The smallest absolute Gasteiger partial charge is 0.120 e. The number of hydrogen-bond acceptors (Lipinski definition) is 4. The van der Waals surface area contributed by atoms with Crippen molar-refractivity contribution in [3.63, 3.8) is 0 Å². The van der Waals surface area contributed by atoms with E-state index in [1.807, 2.05) is 30.3 Å². The van der Waals surface area contributed by atoms with Gasteiger partial charge in [-0.3, -0.25) is 4.90 Å². The standard InChI is InChI=1S/C20H22N2O2/c21-13-16-3-1-5-18(11-16)15-24-20-6-2-4-17(12-20)14-22(9-10-23)19-7-8-19/h1-6,11-12,19,23H,7-10,14-15H2. The summed E-state index contributed by atoms with van der Waals surface area (Å²) >= 11 is 0. The molecule has 24 heavy (non-hydrogen) atoms. The largest absolute Gasteiger partial charge is 0.489 e. The molecule has 0 unspecified atom stereocenters. The molecule has 3 rings (SSSR count). The van der Waals surface area contributed by atoms with Crippen molar-refractivity contribution in [2.75, 3.05) is 13.2 Å². The molecule has 0 saturated heterocycles. The number of aliphatic hydroxyl groups excluding tert-OH is 1. The van der Waals surface area contributed by atoms with Crippen molar-refractivity contribution in [1.29, 1.82) is 5.26 Å². The molecule has 0 aliphatic heterocycles. The van der Waals surface area contributed by atoms with Crippen molar-refractivity contribution < 1.29 is 9.84 Å². The fourth-order valence-corrected chi connectivity index (χ4v) is 2.82. The Balaban J connectivity index is 1.61. The maximum atomic E-state index is 9.21. The molecule has 4 nitrogen and oxygen atoms in total. The molecule has 1 aliphatic carbocycles. The van der Waals surface area contributed by atoms with E-state index in [0.29, 0.717) is 18.2 Å². The summed E-state index contributed by atoms with van der Waals surface area (Å²) in [6, 6.07) is 18.3. The Morgan fingerprint density at radius 1 is 1.12 bits per heavy atom. The third kappa shape index (κ3) is 4.58. The summed E-state index contributed by atoms with van der Waals surface area (Å²) in [4.78, 5) is 2.33. The van der Waals surface area contributed by atoms with Crippen LogP contribution in [-0.2, 0) is 13.2 Å². The maximum Gasteiger partial charge on any atom is 0.120 e. The molecule has 124 valence electrons. The van der Waals surface area contributed by atoms with Gasteiger partial charge in [-0.1, -0.05) is 24.3 Å². The zero-order chi connectivity index (χ0) is 16.8. The third-order valence-corrected chi connectivity index (χ3v) is 4.20. The van der Waals surface area contributed by atoms with Crippen LogP contribution in [0.5, 0.6) is 5.75 Å². The van der Waals surface area contributed by atoms with E-state index < -0.39 is 0 Å². The molecule has 0 bridgehead atoms. The minimum Gasteiger partial charge on any atom is -0.489 e. The zero-order valence-electron chi connectivity index (χ0n) is 13.7. The highest BCUT2D eigenvalue weighted by molar-refractivity contribution is 5.33. The maximum absolute atomic E-state index is 9.21. The van der Waals surface area contributed by atoms with Crippen LogP contribution in [0.1, 0.15) is 29.5 Å². The van der Waals surface area contributed by atoms with Crippen molar-refractivity contribution in [3.05, 3.63) is 65.2 Å². The number of nitriles is 1. The van der Waals surface area contributed by atoms with Crippen LogP contribution in [0.15, 0.2) is 48.5 Å². The van der Waals surface area contributed by atoms with Crippen LogP contribution in [0, 0.1) is 11.3 Å². The summed E-state index contributed by atoms with van der Waals surface area (Å²) in [5.74, 6) is 0.828. The quantitative estimate of drug-likeness (QED) is 0.811. The van der Waals surface area contributed by atoms with E-state index in [0.717, 1.165) is 24.4 Å². The second-order valence-electron chi connectivity index (χ2n) is 6.17. The van der Waals surface area contributed by atoms with Gasteiger partial charge in [0.1, 0.15) is 12.4 Å². The molecule has 0 amide bonds. The molecule has 1 saturated carbocycles. The van der Waals surface area contributed by atoms with Gasteiger partial charge in [-0.2, -0.15) is 5.26 Å². The molecular weight excluding hydrogens is 300 g/mol. The predicted octanol–water partition coefficient (Wildman–Crippen LogP) is 3.09. The molecule has 2 aromatic rings. The molecule has 1 N–H and O–H groups in total. The first-order chi connectivity index (χ1) is 11.8. The summed E-state index contributed by atoms with van der Waals surface area (Å²) in [6.45, 7) is 2.20. The van der Waals surface area contributed by atoms with E-state index in [4.69, 9.17) is 10.00 Å². The predicted molar refractivity (Wildman–Crippen MR) is 92.4 cm³/mol. The number of aliphatic hydroxyl groups is 1. The molecule has 1 fully saturated rings. The van der Waals surface area contributed by atoms with E-state index in [1.54, 1.807) is 6.07 Å². The molecule has 4 heteroatoms. The normalized spacial score (nSPS) is 13.7. The van der Waals surface area contributed by atoms with E-state index in [1.165, 1.54) is 18.4 Å². The molecule has 2 aromatic carbocycles. The molecule has 0 atom stereocenters. The van der Waals surface area contributed by atoms with Crippen LogP contribution in [0.25, 0.3) is 0 Å². The Morgan fingerprint density at radius 3 is 2.67 bits per heavy atom. The Kier molecular flexibility index (Phi) is 5.47. The van der Waals surface area contributed by atoms with Crippen LogP contribution in [-0.4, -0.2) is 29.2 Å². The molecule has 1 aliphatic rings. The van der Waals surface area contributed by atoms with Gasteiger partial charge >= 0.3 is 0 Å². The zero-order valence-corrected chi connectivity index (χ0v) is 13.7. The van der Waals surface area contributed by atoms with Crippen LogP contribution < -0.4 is 4.74 Å². The first kappa shape index (κ1) is 16.5. The van der Waals surface area contributed by atoms with Crippen LogP contribution in [0.2, 0.25) is 0 Å². The SMILES string of the molecule is N#Cc1cccc(COc2cccc(CN(CCO)C3CC3)c2)c1. The van der Waals surface area contributed by atoms with Crippen molar-refractivity contribution in [3.8, 4) is 11.8 Å². The highest BCUT2D eigenvalue weighted by atomic mass is 16.5. The lowest BCUT2D eigenvalue weighted by Crippen LogP contribution is -2.28. The van der Waals surface area contributed by atoms with Gasteiger partial charge in [-0.05, 0) is 48.2 Å². The average Bonchev–Trinajstić information content (AvgIpc) is 3.45. The Labute approximate surface area is 142 Å². The fraction of sp³-hybridized carbons (Fsp3) is 0.350. The van der Waals surface area contributed by atoms with Gasteiger partial charge in [-0.25, -0.2) is 0 Å². The summed E-state index contributed by atoms with van der Waals surface area (Å²) < 4.78 is 5.87. The van der Waals surface area contributed by atoms with E-state index in [9.17, 15) is 5.11 Å². The van der Waals surface area contributed by atoms with Gasteiger partial charge in [0.2, 0.25) is 0 Å². The highest BCUT2D eigenvalue weighted by Gasteiger charge is 2.28. The third-order valence-electron chi connectivity index (χ3n) is 4.20. The number of benzene rings is 2. The fourth-order valence-electron chi connectivity index (χ4n) is 2.82. The van der Waals surface area contributed by atoms with Crippen LogP contribution >= 0.6 is 0 Å². The average molecular weight is 322 g/mol. The summed E-state index contributed by atoms with van der Waals surface area (Å²) in [6.07, 6.45) is 2.46. The van der Waals surface area contributed by atoms with Gasteiger partial charge in [0.25, 0.3) is 0 Å². The monoisotopic (exact) mass is 322 g/mol. The Hall–Kier alpha value is -2.35. The van der Waals surface area contributed by atoms with Gasteiger partial charge in [-0.15, -0.1) is 0 Å². The molecule has 0 heterocycles. The molecule has 0 aromatic heterocycles. The number of ether oxygens (including phenoxy) is 1. The van der Waals surface area contributed by atoms with Crippen LogP contribution in [0.4, 0.5) is 0 Å². The Bertz CT molecular complexity index is 720. The summed E-state index contributed by atoms with van der Waals surface area (Å²) in [7, 11) is 0. The minimum absolute atomic E-state index is 0.196. The first-order valence-corrected chi connectivity index (χ1v) is 8.34. The molecule has 0 radical (unpaired) electrons. The lowest BCUT2D eigenvalue weighted by atomic mass is 10.1. The lowest BCUT2D eigenvalue weighted by molar-refractivity contribution is 0.183. The minimum atomic E-state index is 0.196. The Morgan fingerprint density at radius 2 is 1.92 bits per heavy atom. The van der Waals surface area contributed by atoms with Crippen molar-refractivity contribution in [1.82, 2.24) is 4.90 Å². The lowest BCUT2D eigenvalue weighted by Gasteiger charge is -2.21. The van der Waals surface area contributed by atoms with Crippen LogP contribution in [0.3, 0.4) is 0 Å². The van der Waals surface area contributed by atoms with Crippen molar-refractivity contribution in [2.45, 2.75) is 32.0 Å². The van der Waals surface area contributed by atoms with Gasteiger partial charge < -0.3 is 9.84 Å². The number of rotatable bonds is 8. The summed E-state index contributed by atoms with van der Waals surface area (Å²) in [5, 5.41) is 18.2. The number of nitrogens with zero attached hydrogens (tertiary/aromatic N) is 2. The first-order valence-electron chi connectivity index (χ1n) is 8.34. The topological polar surface area (TPSA) is 56.5 Å². The van der Waals surface area contributed by atoms with Gasteiger partial charge in [0.05, 0.1) is 18.2 Å². The van der Waals surface area contributed by atoms with Gasteiger partial charge in [0.15, 0.2) is 0 Å². The second-order valence-corrected chi connectivity index (χ2v) is 6.17. The second kappa shape index (κ2) is 7.96.